The van der Waals surface area contributed by atoms with Crippen LogP contribution in [0, 0.1) is 11.3 Å². The van der Waals surface area contributed by atoms with Crippen molar-refractivity contribution in [3.63, 3.8) is 0 Å². The first-order valence-corrected chi connectivity index (χ1v) is 6.13. The standard InChI is InChI=1S/C13H15ClN2O/c14-12-7-9-16-10-11(12)13(17)6-4-2-1-3-5-8-15/h7,9-10H,1-6H2. The minimum absolute atomic E-state index is 0.0448. The molecule has 0 saturated heterocycles. The molecule has 1 aromatic heterocycles. The number of carbonyl (C=O) groups excluding carboxylic acids is 1. The molecular weight excluding hydrogens is 236 g/mol. The highest BCUT2D eigenvalue weighted by atomic mass is 35.5. The molecule has 1 rings (SSSR count). The fraction of sp³-hybridized carbons (Fsp3) is 0.462. The van der Waals surface area contributed by atoms with Crippen molar-refractivity contribution < 1.29 is 4.79 Å². The summed E-state index contributed by atoms with van der Waals surface area (Å²) in [5, 5.41) is 8.83. The summed E-state index contributed by atoms with van der Waals surface area (Å²) in [6, 6.07) is 3.73. The highest BCUT2D eigenvalue weighted by Gasteiger charge is 2.09. The molecule has 0 saturated carbocycles. The molecule has 3 nitrogen and oxygen atoms in total. The van der Waals surface area contributed by atoms with Crippen molar-refractivity contribution in [1.29, 1.82) is 5.26 Å². The molecule has 17 heavy (non-hydrogen) atoms. The molecule has 0 spiro atoms. The monoisotopic (exact) mass is 250 g/mol. The number of nitrogens with zero attached hydrogens (tertiary/aromatic N) is 2. The Balaban J connectivity index is 2.27. The molecule has 0 aliphatic carbocycles. The summed E-state index contributed by atoms with van der Waals surface area (Å²) in [7, 11) is 0. The minimum Gasteiger partial charge on any atom is -0.294 e. The average Bonchev–Trinajstić information content (AvgIpc) is 2.34. The van der Waals surface area contributed by atoms with E-state index in [0.717, 1.165) is 25.7 Å². The van der Waals surface area contributed by atoms with Gasteiger partial charge in [-0.3, -0.25) is 9.78 Å². The van der Waals surface area contributed by atoms with Crippen LogP contribution in [0.1, 0.15) is 48.9 Å². The zero-order chi connectivity index (χ0) is 12.5. The first-order chi connectivity index (χ1) is 8.25. The third kappa shape index (κ3) is 4.97. The molecule has 0 aliphatic rings. The lowest BCUT2D eigenvalue weighted by Crippen LogP contribution is -2.00. The lowest BCUT2D eigenvalue weighted by Gasteiger charge is -2.02. The molecule has 90 valence electrons. The van der Waals surface area contributed by atoms with E-state index < -0.39 is 0 Å². The first kappa shape index (κ1) is 13.7. The SMILES string of the molecule is N#CCCCCCCC(=O)c1cnccc1Cl. The Hall–Kier alpha value is -1.40. The molecule has 1 aromatic rings. The lowest BCUT2D eigenvalue weighted by molar-refractivity contribution is 0.0979. The summed E-state index contributed by atoms with van der Waals surface area (Å²) in [5.74, 6) is 0.0448. The van der Waals surface area contributed by atoms with Gasteiger partial charge in [-0.15, -0.1) is 0 Å². The van der Waals surface area contributed by atoms with E-state index >= 15 is 0 Å². The van der Waals surface area contributed by atoms with Crippen molar-refractivity contribution in [2.75, 3.05) is 0 Å². The van der Waals surface area contributed by atoms with Gasteiger partial charge in [-0.2, -0.15) is 5.26 Å². The van der Waals surface area contributed by atoms with Crippen molar-refractivity contribution in [2.24, 2.45) is 0 Å². The smallest absolute Gasteiger partial charge is 0.165 e. The van der Waals surface area contributed by atoms with E-state index in [0.29, 0.717) is 23.4 Å². The molecule has 0 bridgehead atoms. The minimum atomic E-state index is 0.0448. The third-order valence-electron chi connectivity index (χ3n) is 2.51. The molecule has 0 radical (unpaired) electrons. The molecule has 0 N–H and O–H groups in total. The van der Waals surface area contributed by atoms with Gasteiger partial charge in [0.25, 0.3) is 0 Å². The Labute approximate surface area is 106 Å². The van der Waals surface area contributed by atoms with Gasteiger partial charge in [0.15, 0.2) is 5.78 Å². The van der Waals surface area contributed by atoms with Crippen LogP contribution in [0.5, 0.6) is 0 Å². The summed E-state index contributed by atoms with van der Waals surface area (Å²) in [5.41, 5.74) is 0.506. The Morgan fingerprint density at radius 3 is 2.82 bits per heavy atom. The summed E-state index contributed by atoms with van der Waals surface area (Å²) in [4.78, 5) is 15.7. The second-order valence-corrected chi connectivity index (χ2v) is 4.26. The fourth-order valence-electron chi connectivity index (χ4n) is 1.56. The number of hydrogen-bond acceptors (Lipinski definition) is 3. The van der Waals surface area contributed by atoms with Gasteiger partial charge in [-0.1, -0.05) is 24.4 Å². The molecule has 0 unspecified atom stereocenters. The number of halogens is 1. The van der Waals surface area contributed by atoms with E-state index in [1.807, 2.05) is 0 Å². The number of pyridine rings is 1. The van der Waals surface area contributed by atoms with Crippen molar-refractivity contribution in [2.45, 2.75) is 38.5 Å². The predicted octanol–water partition coefficient (Wildman–Crippen LogP) is 3.78. The third-order valence-corrected chi connectivity index (χ3v) is 2.84. The number of Topliss-reactive ketones (excluding diaryl/α,β-unsaturated/α-hetero) is 1. The van der Waals surface area contributed by atoms with Crippen LogP contribution in [0.4, 0.5) is 0 Å². The fourth-order valence-corrected chi connectivity index (χ4v) is 1.77. The van der Waals surface area contributed by atoms with Gasteiger partial charge in [-0.25, -0.2) is 0 Å². The summed E-state index contributed by atoms with van der Waals surface area (Å²) in [6.07, 6.45) is 7.92. The van der Waals surface area contributed by atoms with E-state index in [9.17, 15) is 4.79 Å². The van der Waals surface area contributed by atoms with Crippen LogP contribution in [-0.2, 0) is 0 Å². The number of rotatable bonds is 7. The van der Waals surface area contributed by atoms with Gasteiger partial charge in [-0.05, 0) is 18.9 Å². The topological polar surface area (TPSA) is 53.8 Å². The maximum atomic E-state index is 11.8. The van der Waals surface area contributed by atoms with E-state index in [4.69, 9.17) is 16.9 Å². The van der Waals surface area contributed by atoms with E-state index in [1.54, 1.807) is 12.3 Å². The normalized spacial score (nSPS) is 9.88. The van der Waals surface area contributed by atoms with Gasteiger partial charge in [0.05, 0.1) is 16.7 Å². The van der Waals surface area contributed by atoms with Gasteiger partial charge in [0.2, 0.25) is 0 Å². The second-order valence-electron chi connectivity index (χ2n) is 3.85. The largest absolute Gasteiger partial charge is 0.294 e. The highest BCUT2D eigenvalue weighted by Crippen LogP contribution is 2.17. The average molecular weight is 251 g/mol. The van der Waals surface area contributed by atoms with Crippen LogP contribution < -0.4 is 0 Å². The van der Waals surface area contributed by atoms with Crippen molar-refractivity contribution >= 4 is 17.4 Å². The molecule has 0 aromatic carbocycles. The molecule has 0 fully saturated rings. The molecule has 0 atom stereocenters. The highest BCUT2D eigenvalue weighted by molar-refractivity contribution is 6.33. The summed E-state index contributed by atoms with van der Waals surface area (Å²) >= 11 is 5.90. The van der Waals surface area contributed by atoms with Crippen molar-refractivity contribution in [1.82, 2.24) is 4.98 Å². The van der Waals surface area contributed by atoms with Gasteiger partial charge < -0.3 is 0 Å². The summed E-state index contributed by atoms with van der Waals surface area (Å²) < 4.78 is 0. The van der Waals surface area contributed by atoms with Crippen LogP contribution in [0.25, 0.3) is 0 Å². The Morgan fingerprint density at radius 1 is 1.35 bits per heavy atom. The van der Waals surface area contributed by atoms with E-state index in [2.05, 4.69) is 11.1 Å². The van der Waals surface area contributed by atoms with Crippen LogP contribution >= 0.6 is 11.6 Å². The molecule has 0 aliphatic heterocycles. The van der Waals surface area contributed by atoms with Crippen LogP contribution in [0.2, 0.25) is 5.02 Å². The molecule has 1 heterocycles. The van der Waals surface area contributed by atoms with E-state index in [-0.39, 0.29) is 5.78 Å². The number of hydrogen-bond donors (Lipinski definition) is 0. The van der Waals surface area contributed by atoms with Crippen molar-refractivity contribution in [3.8, 4) is 6.07 Å². The Kier molecular flexibility index (Phi) is 6.27. The number of aromatic nitrogens is 1. The van der Waals surface area contributed by atoms with Crippen LogP contribution in [-0.4, -0.2) is 10.8 Å². The second kappa shape index (κ2) is 7.81. The molecular formula is C13H15ClN2O. The zero-order valence-electron chi connectivity index (χ0n) is 9.66. The predicted molar refractivity (Wildman–Crippen MR) is 66.9 cm³/mol. The lowest BCUT2D eigenvalue weighted by atomic mass is 10.1. The Bertz CT molecular complexity index is 412. The Morgan fingerprint density at radius 2 is 2.12 bits per heavy atom. The van der Waals surface area contributed by atoms with E-state index in [1.165, 1.54) is 6.20 Å². The summed E-state index contributed by atoms with van der Waals surface area (Å²) in [6.45, 7) is 0. The van der Waals surface area contributed by atoms with Crippen molar-refractivity contribution in [3.05, 3.63) is 29.0 Å². The van der Waals surface area contributed by atoms with Gasteiger partial charge >= 0.3 is 0 Å². The van der Waals surface area contributed by atoms with Crippen LogP contribution in [0.3, 0.4) is 0 Å². The zero-order valence-corrected chi connectivity index (χ0v) is 10.4. The maximum absolute atomic E-state index is 11.8. The number of ketones is 1. The number of unbranched alkanes of at least 4 members (excludes halogenated alkanes) is 4. The quantitative estimate of drug-likeness (QED) is 0.547. The first-order valence-electron chi connectivity index (χ1n) is 5.75. The molecule has 4 heteroatoms. The number of nitriles is 1. The van der Waals surface area contributed by atoms with Gasteiger partial charge in [0.1, 0.15) is 0 Å². The van der Waals surface area contributed by atoms with Gasteiger partial charge in [0, 0.05) is 25.2 Å². The maximum Gasteiger partial charge on any atom is 0.165 e. The van der Waals surface area contributed by atoms with Crippen LogP contribution in [0.15, 0.2) is 18.5 Å². The number of carbonyl (C=O) groups is 1. The molecule has 0 amide bonds.